The molecule has 198 valence electrons. The fourth-order valence-electron chi connectivity index (χ4n) is 3.66. The van der Waals surface area contributed by atoms with Crippen molar-refractivity contribution in [3.8, 4) is 11.3 Å². The highest BCUT2D eigenvalue weighted by atomic mass is 16.6. The number of H-pyrrole nitrogens is 1. The van der Waals surface area contributed by atoms with Crippen LogP contribution in [0.4, 0.5) is 10.6 Å². The Morgan fingerprint density at radius 1 is 1.14 bits per heavy atom. The quantitative estimate of drug-likeness (QED) is 0.327. The number of amides is 2. The number of imidazole rings is 1. The van der Waals surface area contributed by atoms with E-state index in [4.69, 9.17) is 4.74 Å². The Labute approximate surface area is 217 Å². The molecule has 10 nitrogen and oxygen atoms in total. The van der Waals surface area contributed by atoms with Crippen molar-refractivity contribution in [3.63, 3.8) is 0 Å². The minimum Gasteiger partial charge on any atom is -0.444 e. The van der Waals surface area contributed by atoms with Crippen LogP contribution >= 0.6 is 0 Å². The number of anilines is 1. The van der Waals surface area contributed by atoms with Gasteiger partial charge in [0.1, 0.15) is 18.0 Å². The number of hydrogen-bond acceptors (Lipinski definition) is 6. The molecule has 0 aliphatic heterocycles. The third-order valence-corrected chi connectivity index (χ3v) is 6.00. The number of aromatic nitrogens is 4. The topological polar surface area (TPSA) is 131 Å². The zero-order valence-corrected chi connectivity index (χ0v) is 22.1. The van der Waals surface area contributed by atoms with Gasteiger partial charge in [0.05, 0.1) is 24.8 Å². The predicted molar refractivity (Wildman–Crippen MR) is 141 cm³/mol. The number of benzene rings is 1. The molecule has 2 heterocycles. The van der Waals surface area contributed by atoms with Crippen molar-refractivity contribution in [1.29, 1.82) is 0 Å². The van der Waals surface area contributed by atoms with Gasteiger partial charge in [0.25, 0.3) is 5.91 Å². The summed E-state index contributed by atoms with van der Waals surface area (Å²) in [5.74, 6) is -1.28. The van der Waals surface area contributed by atoms with Crippen LogP contribution in [0.2, 0.25) is 0 Å². The number of hydrogen-bond donors (Lipinski definition) is 3. The molecule has 0 bridgehead atoms. The van der Waals surface area contributed by atoms with Crippen LogP contribution in [0.3, 0.4) is 0 Å². The van der Waals surface area contributed by atoms with Crippen LogP contribution in [0.15, 0.2) is 49.1 Å². The maximum Gasteiger partial charge on any atom is 0.408 e. The molecular formula is C27H36N6O4. The Bertz CT molecular complexity index is 1180. The second-order valence-electron chi connectivity index (χ2n) is 10.2. The highest BCUT2D eigenvalue weighted by molar-refractivity contribution is 6.42. The summed E-state index contributed by atoms with van der Waals surface area (Å²) in [5.41, 5.74) is 2.60. The third kappa shape index (κ3) is 8.03. The third-order valence-electron chi connectivity index (χ3n) is 6.00. The molecule has 37 heavy (non-hydrogen) atoms. The molecule has 0 aliphatic rings. The van der Waals surface area contributed by atoms with Crippen molar-refractivity contribution in [2.75, 3.05) is 5.32 Å². The Hall–Kier alpha value is -3.95. The number of nitrogens with zero attached hydrogens (tertiary/aromatic N) is 3. The van der Waals surface area contributed by atoms with E-state index in [-0.39, 0.29) is 0 Å². The zero-order valence-electron chi connectivity index (χ0n) is 22.1. The smallest absolute Gasteiger partial charge is 0.408 e. The normalized spacial score (nSPS) is 13.0. The van der Waals surface area contributed by atoms with Gasteiger partial charge in [-0.15, -0.1) is 0 Å². The number of nitrogens with one attached hydrogen (secondary N) is 3. The molecule has 1 aromatic carbocycles. The van der Waals surface area contributed by atoms with E-state index in [0.29, 0.717) is 25.2 Å². The van der Waals surface area contributed by atoms with Crippen molar-refractivity contribution in [1.82, 2.24) is 25.1 Å². The van der Waals surface area contributed by atoms with Gasteiger partial charge in [0.15, 0.2) is 0 Å². The summed E-state index contributed by atoms with van der Waals surface area (Å²) in [4.78, 5) is 42.7. The molecule has 0 saturated carbocycles. The molecule has 2 aromatic heterocycles. The summed E-state index contributed by atoms with van der Waals surface area (Å²) in [7, 11) is 0. The SMILES string of the molecule is CCCC[C@H](NC(=O)O[C@H](Cn1cnc(-c2ccc(C)cc2)c1)C(C)(C)C)C(=O)C(=O)Nc1ccn[nH]1. The van der Waals surface area contributed by atoms with Crippen molar-refractivity contribution in [2.24, 2.45) is 5.41 Å². The summed E-state index contributed by atoms with van der Waals surface area (Å²) in [6, 6.07) is 8.63. The van der Waals surface area contributed by atoms with Crippen LogP contribution < -0.4 is 10.6 Å². The Kier molecular flexibility index (Phi) is 9.21. The molecule has 10 heteroatoms. The Morgan fingerprint density at radius 3 is 2.49 bits per heavy atom. The van der Waals surface area contributed by atoms with Gasteiger partial charge in [0.2, 0.25) is 5.78 Å². The van der Waals surface area contributed by atoms with E-state index in [2.05, 4.69) is 25.8 Å². The van der Waals surface area contributed by atoms with Gasteiger partial charge in [-0.2, -0.15) is 5.10 Å². The second kappa shape index (κ2) is 12.3. The van der Waals surface area contributed by atoms with Gasteiger partial charge < -0.3 is 19.9 Å². The number of carbonyl (C=O) groups is 3. The van der Waals surface area contributed by atoms with E-state index in [0.717, 1.165) is 17.7 Å². The number of aryl methyl sites for hydroxylation is 1. The number of rotatable bonds is 11. The molecule has 0 unspecified atom stereocenters. The number of ether oxygens (including phenoxy) is 1. The fraction of sp³-hybridized carbons (Fsp3) is 0.444. The van der Waals surface area contributed by atoms with Gasteiger partial charge >= 0.3 is 6.09 Å². The van der Waals surface area contributed by atoms with Crippen LogP contribution in [-0.4, -0.2) is 49.7 Å². The first kappa shape index (κ1) is 27.6. The molecule has 0 saturated heterocycles. The van der Waals surface area contributed by atoms with Crippen LogP contribution in [0.5, 0.6) is 0 Å². The number of aromatic amines is 1. The van der Waals surface area contributed by atoms with E-state index in [1.54, 1.807) is 6.33 Å². The van der Waals surface area contributed by atoms with E-state index < -0.39 is 35.3 Å². The van der Waals surface area contributed by atoms with E-state index in [9.17, 15) is 14.4 Å². The highest BCUT2D eigenvalue weighted by Gasteiger charge is 2.32. The fourth-order valence-corrected chi connectivity index (χ4v) is 3.66. The minimum atomic E-state index is -1.00. The lowest BCUT2D eigenvalue weighted by Crippen LogP contribution is -2.48. The molecule has 3 rings (SSSR count). The highest BCUT2D eigenvalue weighted by Crippen LogP contribution is 2.25. The number of alkyl carbamates (subject to hydrolysis) is 1. The second-order valence-corrected chi connectivity index (χ2v) is 10.2. The number of carbonyl (C=O) groups excluding carboxylic acids is 3. The molecular weight excluding hydrogens is 472 g/mol. The largest absolute Gasteiger partial charge is 0.444 e. The lowest BCUT2D eigenvalue weighted by atomic mass is 9.89. The lowest BCUT2D eigenvalue weighted by Gasteiger charge is -2.31. The van der Waals surface area contributed by atoms with Gasteiger partial charge in [-0.25, -0.2) is 9.78 Å². The van der Waals surface area contributed by atoms with Gasteiger partial charge in [-0.3, -0.25) is 14.7 Å². The predicted octanol–water partition coefficient (Wildman–Crippen LogP) is 4.49. The molecule has 0 radical (unpaired) electrons. The Balaban J connectivity index is 1.67. The Morgan fingerprint density at radius 2 is 1.86 bits per heavy atom. The van der Waals surface area contributed by atoms with Crippen LogP contribution in [0.25, 0.3) is 11.3 Å². The van der Waals surface area contributed by atoms with E-state index in [1.807, 2.05) is 69.6 Å². The maximum atomic E-state index is 12.9. The summed E-state index contributed by atoms with van der Waals surface area (Å²) < 4.78 is 7.68. The average Bonchev–Trinajstić information content (AvgIpc) is 3.53. The summed E-state index contributed by atoms with van der Waals surface area (Å²) >= 11 is 0. The van der Waals surface area contributed by atoms with Crippen molar-refractivity contribution < 1.29 is 19.1 Å². The summed E-state index contributed by atoms with van der Waals surface area (Å²) in [6.07, 6.45) is 5.60. The lowest BCUT2D eigenvalue weighted by molar-refractivity contribution is -0.136. The first-order chi connectivity index (χ1) is 17.6. The molecule has 0 aliphatic carbocycles. The van der Waals surface area contributed by atoms with Crippen LogP contribution in [0.1, 0.15) is 52.5 Å². The monoisotopic (exact) mass is 508 g/mol. The number of Topliss-reactive ketones (excluding diaryl/α,β-unsaturated/α-hetero) is 1. The van der Waals surface area contributed by atoms with E-state index >= 15 is 0 Å². The number of unbranched alkanes of at least 4 members (excludes halogenated alkanes) is 1. The van der Waals surface area contributed by atoms with Crippen molar-refractivity contribution >= 4 is 23.6 Å². The van der Waals surface area contributed by atoms with Gasteiger partial charge in [0, 0.05) is 23.2 Å². The van der Waals surface area contributed by atoms with Crippen molar-refractivity contribution in [2.45, 2.75) is 72.6 Å². The number of ketones is 1. The van der Waals surface area contributed by atoms with E-state index in [1.165, 1.54) is 17.8 Å². The molecule has 0 spiro atoms. The van der Waals surface area contributed by atoms with Crippen LogP contribution in [-0.2, 0) is 20.9 Å². The molecule has 2 atom stereocenters. The van der Waals surface area contributed by atoms with Gasteiger partial charge in [-0.05, 0) is 13.3 Å². The first-order valence-corrected chi connectivity index (χ1v) is 12.5. The van der Waals surface area contributed by atoms with Gasteiger partial charge in [-0.1, -0.05) is 70.4 Å². The standard InChI is InChI=1S/C27H36N6O4/c1-6-7-8-20(24(34)25(35)31-23-13-14-29-32-23)30-26(36)37-22(27(3,4)5)16-33-15-21(28-17-33)19-11-9-18(2)10-12-19/h9-15,17,20,22H,6-8,16H2,1-5H3,(H,30,36)(H2,29,31,32,35)/t20-,22+/m0/s1. The average molecular weight is 509 g/mol. The molecule has 2 amide bonds. The maximum absolute atomic E-state index is 12.9. The zero-order chi connectivity index (χ0) is 27.0. The first-order valence-electron chi connectivity index (χ1n) is 12.5. The molecule has 3 N–H and O–H groups in total. The molecule has 3 aromatic rings. The van der Waals surface area contributed by atoms with Crippen LogP contribution in [0, 0.1) is 12.3 Å². The molecule has 0 fully saturated rings. The summed E-state index contributed by atoms with van der Waals surface area (Å²) in [5, 5.41) is 11.4. The minimum absolute atomic E-state index is 0.299. The summed E-state index contributed by atoms with van der Waals surface area (Å²) in [6.45, 7) is 10.3. The van der Waals surface area contributed by atoms with Crippen molar-refractivity contribution in [3.05, 3.63) is 54.6 Å².